The fraction of sp³-hybridized carbons (Fsp3) is 0.179. The zero-order valence-corrected chi connectivity index (χ0v) is 19.4. The molecule has 4 aromatic rings. The van der Waals surface area contributed by atoms with Crippen molar-refractivity contribution in [3.63, 3.8) is 0 Å². The van der Waals surface area contributed by atoms with E-state index in [1.165, 1.54) is 0 Å². The fourth-order valence-corrected chi connectivity index (χ4v) is 4.14. The highest BCUT2D eigenvalue weighted by Gasteiger charge is 2.15. The number of amides is 1. The van der Waals surface area contributed by atoms with Crippen LogP contribution in [0.5, 0.6) is 0 Å². The normalized spacial score (nSPS) is 13.8. The van der Waals surface area contributed by atoms with Crippen molar-refractivity contribution in [2.24, 2.45) is 0 Å². The maximum atomic E-state index is 12.9. The molecule has 1 amide bonds. The van der Waals surface area contributed by atoms with E-state index in [2.05, 4.69) is 27.3 Å². The molecule has 2 aromatic carbocycles. The largest absolute Gasteiger partial charge is 0.378 e. The summed E-state index contributed by atoms with van der Waals surface area (Å²) in [6.07, 6.45) is 8.84. The van der Waals surface area contributed by atoms with Gasteiger partial charge in [-0.2, -0.15) is 5.10 Å². The third-order valence-electron chi connectivity index (χ3n) is 5.84. The maximum Gasteiger partial charge on any atom is 0.248 e. The topological polar surface area (TPSA) is 72.3 Å². The number of carbonyl (C=O) groups is 1. The van der Waals surface area contributed by atoms with E-state index < -0.39 is 0 Å². The molecule has 5 rings (SSSR count). The number of ether oxygens (including phenoxy) is 1. The lowest BCUT2D eigenvalue weighted by atomic mass is 10.1. The number of anilines is 2. The number of hydrogen-bond acceptors (Lipinski definition) is 5. The summed E-state index contributed by atoms with van der Waals surface area (Å²) in [6, 6.07) is 21.9. The summed E-state index contributed by atoms with van der Waals surface area (Å²) in [4.78, 5) is 19.4. The number of hydrogen-bond donors (Lipinski definition) is 1. The number of pyridine rings is 1. The molecule has 0 atom stereocenters. The first-order valence-electron chi connectivity index (χ1n) is 11.7. The Hall–Kier alpha value is -4.23. The first kappa shape index (κ1) is 22.6. The molecule has 3 heterocycles. The van der Waals surface area contributed by atoms with E-state index in [1.54, 1.807) is 18.5 Å². The van der Waals surface area contributed by atoms with E-state index in [9.17, 15) is 4.79 Å². The Kier molecular flexibility index (Phi) is 6.96. The van der Waals surface area contributed by atoms with E-state index >= 15 is 0 Å². The average Bonchev–Trinajstić information content (AvgIpc) is 3.32. The van der Waals surface area contributed by atoms with Gasteiger partial charge < -0.3 is 15.0 Å². The van der Waals surface area contributed by atoms with Crippen LogP contribution in [-0.2, 0) is 16.1 Å². The summed E-state index contributed by atoms with van der Waals surface area (Å²) in [5.41, 5.74) is 5.48. The molecule has 0 bridgehead atoms. The molecule has 7 nitrogen and oxygen atoms in total. The van der Waals surface area contributed by atoms with Crippen LogP contribution in [0.15, 0.2) is 91.4 Å². The van der Waals surface area contributed by atoms with Crippen LogP contribution >= 0.6 is 0 Å². The number of para-hydroxylation sites is 2. The van der Waals surface area contributed by atoms with E-state index in [-0.39, 0.29) is 5.91 Å². The summed E-state index contributed by atoms with van der Waals surface area (Å²) < 4.78 is 7.36. The second-order valence-corrected chi connectivity index (χ2v) is 8.30. The van der Waals surface area contributed by atoms with Gasteiger partial charge in [0.1, 0.15) is 5.69 Å². The van der Waals surface area contributed by atoms with Gasteiger partial charge in [-0.1, -0.05) is 42.5 Å². The molecule has 1 aliphatic rings. The van der Waals surface area contributed by atoms with Crippen LogP contribution < -0.4 is 10.2 Å². The molecule has 0 spiro atoms. The number of carbonyl (C=O) groups excluding carboxylic acids is 1. The van der Waals surface area contributed by atoms with Crippen molar-refractivity contribution in [3.8, 4) is 11.3 Å². The standard InChI is InChI=1S/C28H27N5O2/c34-27(30-25-10-4-5-11-26(25)32-15-17-35-18-16-32)13-12-24-21-33(20-22-7-2-1-3-8-22)31-28(24)23-9-6-14-29-19-23/h1-14,19,21H,15-18,20H2,(H,30,34)/b13-12+. The third-order valence-corrected chi connectivity index (χ3v) is 5.84. The Bertz CT molecular complexity index is 1300. The average molecular weight is 466 g/mol. The molecule has 0 aliphatic carbocycles. The zero-order valence-electron chi connectivity index (χ0n) is 19.4. The van der Waals surface area contributed by atoms with Crippen molar-refractivity contribution in [1.29, 1.82) is 0 Å². The van der Waals surface area contributed by atoms with E-state index in [0.717, 1.165) is 46.8 Å². The Morgan fingerprint density at radius 3 is 2.60 bits per heavy atom. The summed E-state index contributed by atoms with van der Waals surface area (Å²) in [5, 5.41) is 7.82. The summed E-state index contributed by atoms with van der Waals surface area (Å²) >= 11 is 0. The third kappa shape index (κ3) is 5.65. The molecule has 1 fully saturated rings. The van der Waals surface area contributed by atoms with E-state index in [4.69, 9.17) is 9.84 Å². The predicted octanol–water partition coefficient (Wildman–Crippen LogP) is 4.48. The van der Waals surface area contributed by atoms with Gasteiger partial charge in [0.15, 0.2) is 0 Å². The molecule has 0 radical (unpaired) electrons. The number of benzene rings is 2. The second kappa shape index (κ2) is 10.8. The number of morpholine rings is 1. The van der Waals surface area contributed by atoms with E-state index in [0.29, 0.717) is 19.8 Å². The minimum atomic E-state index is -0.196. The lowest BCUT2D eigenvalue weighted by molar-refractivity contribution is -0.111. The molecule has 0 saturated carbocycles. The lowest BCUT2D eigenvalue weighted by Crippen LogP contribution is -2.36. The van der Waals surface area contributed by atoms with Gasteiger partial charge in [0.25, 0.3) is 0 Å². The van der Waals surface area contributed by atoms with Gasteiger partial charge in [0, 0.05) is 48.9 Å². The summed E-state index contributed by atoms with van der Waals surface area (Å²) in [5.74, 6) is -0.196. The van der Waals surface area contributed by atoms with Crippen molar-refractivity contribution in [3.05, 3.63) is 103 Å². The Morgan fingerprint density at radius 2 is 1.80 bits per heavy atom. The SMILES string of the molecule is O=C(/C=C/c1cn(Cc2ccccc2)nc1-c1cccnc1)Nc1ccccc1N1CCOCC1. The molecule has 176 valence electrons. The molecular weight excluding hydrogens is 438 g/mol. The van der Waals surface area contributed by atoms with Gasteiger partial charge in [0.05, 0.1) is 31.1 Å². The molecule has 7 heteroatoms. The van der Waals surface area contributed by atoms with Crippen molar-refractivity contribution in [2.45, 2.75) is 6.54 Å². The van der Waals surface area contributed by atoms with Crippen molar-refractivity contribution < 1.29 is 9.53 Å². The summed E-state index contributed by atoms with van der Waals surface area (Å²) in [7, 11) is 0. The van der Waals surface area contributed by atoms with Gasteiger partial charge in [-0.15, -0.1) is 0 Å². The molecule has 0 unspecified atom stereocenters. The zero-order chi connectivity index (χ0) is 23.9. The molecule has 35 heavy (non-hydrogen) atoms. The number of nitrogens with one attached hydrogen (secondary N) is 1. The lowest BCUT2D eigenvalue weighted by Gasteiger charge is -2.30. The Labute approximate surface area is 204 Å². The summed E-state index contributed by atoms with van der Waals surface area (Å²) in [6.45, 7) is 3.62. The second-order valence-electron chi connectivity index (χ2n) is 8.30. The number of rotatable bonds is 7. The quantitative estimate of drug-likeness (QED) is 0.408. The minimum Gasteiger partial charge on any atom is -0.378 e. The number of nitrogens with zero attached hydrogens (tertiary/aromatic N) is 4. The van der Waals surface area contributed by atoms with Crippen molar-refractivity contribution in [1.82, 2.24) is 14.8 Å². The van der Waals surface area contributed by atoms with Gasteiger partial charge in [0.2, 0.25) is 5.91 Å². The van der Waals surface area contributed by atoms with Crippen molar-refractivity contribution in [2.75, 3.05) is 36.5 Å². The first-order valence-corrected chi connectivity index (χ1v) is 11.7. The van der Waals surface area contributed by atoms with Crippen LogP contribution in [0.2, 0.25) is 0 Å². The van der Waals surface area contributed by atoms with Crippen LogP contribution in [0.4, 0.5) is 11.4 Å². The maximum absolute atomic E-state index is 12.9. The first-order chi connectivity index (χ1) is 17.3. The molecule has 2 aromatic heterocycles. The molecular formula is C28H27N5O2. The highest BCUT2D eigenvalue weighted by atomic mass is 16.5. The van der Waals surface area contributed by atoms with Gasteiger partial charge in [-0.3, -0.25) is 14.5 Å². The molecule has 1 aliphatic heterocycles. The smallest absolute Gasteiger partial charge is 0.248 e. The van der Waals surface area contributed by atoms with Crippen LogP contribution in [0.1, 0.15) is 11.1 Å². The van der Waals surface area contributed by atoms with Crippen LogP contribution in [0.25, 0.3) is 17.3 Å². The highest BCUT2D eigenvalue weighted by molar-refractivity contribution is 6.04. The monoisotopic (exact) mass is 465 g/mol. The van der Waals surface area contributed by atoms with Crippen LogP contribution in [0, 0.1) is 0 Å². The van der Waals surface area contributed by atoms with Crippen LogP contribution in [-0.4, -0.2) is 47.0 Å². The van der Waals surface area contributed by atoms with Gasteiger partial charge >= 0.3 is 0 Å². The highest BCUT2D eigenvalue weighted by Crippen LogP contribution is 2.27. The molecule has 1 N–H and O–H groups in total. The Morgan fingerprint density at radius 1 is 1.00 bits per heavy atom. The van der Waals surface area contributed by atoms with Gasteiger partial charge in [-0.25, -0.2) is 0 Å². The van der Waals surface area contributed by atoms with Crippen molar-refractivity contribution >= 4 is 23.4 Å². The molecule has 1 saturated heterocycles. The minimum absolute atomic E-state index is 0.196. The van der Waals surface area contributed by atoms with Crippen LogP contribution in [0.3, 0.4) is 0 Å². The Balaban J connectivity index is 1.37. The predicted molar refractivity (Wildman–Crippen MR) is 138 cm³/mol. The van der Waals surface area contributed by atoms with E-state index in [1.807, 2.05) is 71.6 Å². The van der Waals surface area contributed by atoms with Gasteiger partial charge in [-0.05, 0) is 35.9 Å². The number of aromatic nitrogens is 3. The fourth-order valence-electron chi connectivity index (χ4n) is 4.14.